The van der Waals surface area contributed by atoms with Crippen LogP contribution in [0.5, 0.6) is 5.75 Å². The predicted octanol–water partition coefficient (Wildman–Crippen LogP) is 6.13. The molecule has 0 aliphatic carbocycles. The number of unbranched alkanes of at least 4 members (excludes halogenated alkanes) is 2. The second kappa shape index (κ2) is 9.88. The van der Waals surface area contributed by atoms with Gasteiger partial charge >= 0.3 is 0 Å². The second-order valence-electron chi connectivity index (χ2n) is 6.28. The van der Waals surface area contributed by atoms with Crippen molar-refractivity contribution in [1.82, 2.24) is 4.98 Å². The maximum Gasteiger partial charge on any atom is 0.204 e. The summed E-state index contributed by atoms with van der Waals surface area (Å²) < 4.78 is 5.73. The number of anilines is 1. The van der Waals surface area contributed by atoms with Crippen LogP contribution in [0.15, 0.2) is 59.7 Å². The number of hydrogen-bond donors (Lipinski definition) is 1. The standard InChI is InChI=1S/C22H25N3OS/c1-3-4-8-15-26-20-13-11-18(12-14-20)16-23-25-22-24-21(17(2)27-22)19-9-6-5-7-10-19/h5-7,9-14,16H,3-4,8,15H2,1-2H3,(H,24,25)/b23-16-. The van der Waals surface area contributed by atoms with E-state index in [0.29, 0.717) is 0 Å². The van der Waals surface area contributed by atoms with Crippen molar-refractivity contribution in [3.63, 3.8) is 0 Å². The summed E-state index contributed by atoms with van der Waals surface area (Å²) in [4.78, 5) is 5.82. The fourth-order valence-corrected chi connectivity index (χ4v) is 3.45. The summed E-state index contributed by atoms with van der Waals surface area (Å²) in [6.07, 6.45) is 5.30. The summed E-state index contributed by atoms with van der Waals surface area (Å²) >= 11 is 1.60. The van der Waals surface area contributed by atoms with E-state index in [2.05, 4.69) is 41.5 Å². The molecule has 0 aliphatic rings. The zero-order chi connectivity index (χ0) is 18.9. The van der Waals surface area contributed by atoms with Crippen LogP contribution in [0.4, 0.5) is 5.13 Å². The smallest absolute Gasteiger partial charge is 0.204 e. The van der Waals surface area contributed by atoms with Crippen molar-refractivity contribution in [3.05, 3.63) is 65.0 Å². The first-order valence-corrected chi connectivity index (χ1v) is 10.1. The van der Waals surface area contributed by atoms with Gasteiger partial charge in [0.15, 0.2) is 0 Å². The third-order valence-electron chi connectivity index (χ3n) is 4.11. The highest BCUT2D eigenvalue weighted by Crippen LogP contribution is 2.30. The predicted molar refractivity (Wildman–Crippen MR) is 115 cm³/mol. The summed E-state index contributed by atoms with van der Waals surface area (Å²) in [5, 5.41) is 5.10. The van der Waals surface area contributed by atoms with Crippen molar-refractivity contribution in [1.29, 1.82) is 0 Å². The highest BCUT2D eigenvalue weighted by Gasteiger charge is 2.08. The van der Waals surface area contributed by atoms with E-state index in [4.69, 9.17) is 4.74 Å². The second-order valence-corrected chi connectivity index (χ2v) is 7.49. The Labute approximate surface area is 164 Å². The van der Waals surface area contributed by atoms with Gasteiger partial charge in [-0.15, -0.1) is 11.3 Å². The number of thiazole rings is 1. The van der Waals surface area contributed by atoms with Gasteiger partial charge in [0.2, 0.25) is 5.13 Å². The number of nitrogens with zero attached hydrogens (tertiary/aromatic N) is 2. The molecule has 3 aromatic rings. The normalized spacial score (nSPS) is 11.0. The SMILES string of the molecule is CCCCCOc1ccc(/C=N\Nc2nc(-c3ccccc3)c(C)s2)cc1. The Morgan fingerprint density at radius 3 is 2.59 bits per heavy atom. The van der Waals surface area contributed by atoms with E-state index >= 15 is 0 Å². The molecular formula is C22H25N3OS. The zero-order valence-corrected chi connectivity index (χ0v) is 16.6. The van der Waals surface area contributed by atoms with Crippen molar-refractivity contribution >= 4 is 22.7 Å². The third kappa shape index (κ3) is 5.66. The number of ether oxygens (including phenoxy) is 1. The molecule has 0 bridgehead atoms. The van der Waals surface area contributed by atoms with Crippen molar-refractivity contribution < 1.29 is 4.74 Å². The Morgan fingerprint density at radius 2 is 1.85 bits per heavy atom. The number of nitrogens with one attached hydrogen (secondary N) is 1. The molecule has 0 aliphatic heterocycles. The van der Waals surface area contributed by atoms with E-state index in [9.17, 15) is 0 Å². The molecule has 3 rings (SSSR count). The van der Waals surface area contributed by atoms with Gasteiger partial charge in [-0.3, -0.25) is 5.43 Å². The summed E-state index contributed by atoms with van der Waals surface area (Å²) in [5.74, 6) is 0.902. The third-order valence-corrected chi connectivity index (χ3v) is 4.99. The van der Waals surface area contributed by atoms with Gasteiger partial charge in [-0.2, -0.15) is 5.10 Å². The fraction of sp³-hybridized carbons (Fsp3) is 0.273. The lowest BCUT2D eigenvalue weighted by Gasteiger charge is -2.05. The molecule has 0 unspecified atom stereocenters. The van der Waals surface area contributed by atoms with Gasteiger partial charge in [-0.05, 0) is 43.2 Å². The van der Waals surface area contributed by atoms with E-state index < -0.39 is 0 Å². The number of rotatable bonds is 9. The molecule has 27 heavy (non-hydrogen) atoms. The molecule has 1 heterocycles. The van der Waals surface area contributed by atoms with Crippen molar-refractivity contribution in [2.45, 2.75) is 33.1 Å². The van der Waals surface area contributed by atoms with E-state index in [0.717, 1.165) is 40.7 Å². The van der Waals surface area contributed by atoms with Crippen LogP contribution in [0.3, 0.4) is 0 Å². The summed E-state index contributed by atoms with van der Waals surface area (Å²) in [5.41, 5.74) is 6.17. The van der Waals surface area contributed by atoms with Gasteiger partial charge in [0.1, 0.15) is 5.75 Å². The Balaban J connectivity index is 1.55. The summed E-state index contributed by atoms with van der Waals surface area (Å²) in [6.45, 7) is 5.04. The maximum absolute atomic E-state index is 5.73. The lowest BCUT2D eigenvalue weighted by Crippen LogP contribution is -1.97. The lowest BCUT2D eigenvalue weighted by molar-refractivity contribution is 0.306. The highest BCUT2D eigenvalue weighted by molar-refractivity contribution is 7.15. The summed E-state index contributed by atoms with van der Waals surface area (Å²) in [7, 11) is 0. The molecule has 1 N–H and O–H groups in total. The van der Waals surface area contributed by atoms with E-state index in [1.54, 1.807) is 17.6 Å². The van der Waals surface area contributed by atoms with Crippen molar-refractivity contribution in [2.75, 3.05) is 12.0 Å². The van der Waals surface area contributed by atoms with Crippen LogP contribution in [-0.4, -0.2) is 17.8 Å². The van der Waals surface area contributed by atoms with Crippen LogP contribution in [0.25, 0.3) is 11.3 Å². The molecule has 0 fully saturated rings. The molecule has 0 saturated heterocycles. The van der Waals surface area contributed by atoms with Crippen LogP contribution in [0, 0.1) is 6.92 Å². The van der Waals surface area contributed by atoms with Crippen molar-refractivity contribution in [3.8, 4) is 17.0 Å². The Hall–Kier alpha value is -2.66. The first-order chi connectivity index (χ1) is 13.3. The van der Waals surface area contributed by atoms with E-state index in [1.807, 2.05) is 42.5 Å². The number of aryl methyl sites for hydroxylation is 1. The first-order valence-electron chi connectivity index (χ1n) is 9.31. The molecule has 4 nitrogen and oxygen atoms in total. The van der Waals surface area contributed by atoms with Crippen LogP contribution in [0.2, 0.25) is 0 Å². The van der Waals surface area contributed by atoms with Crippen LogP contribution in [0.1, 0.15) is 36.6 Å². The molecular weight excluding hydrogens is 354 g/mol. The molecule has 5 heteroatoms. The molecule has 1 aromatic heterocycles. The van der Waals surface area contributed by atoms with Crippen LogP contribution in [-0.2, 0) is 0 Å². The number of hydrazone groups is 1. The fourth-order valence-electron chi connectivity index (χ4n) is 2.66. The molecule has 0 amide bonds. The Kier molecular flexibility index (Phi) is 6.99. The average molecular weight is 380 g/mol. The van der Waals surface area contributed by atoms with E-state index in [1.165, 1.54) is 17.7 Å². The molecule has 0 atom stereocenters. The quantitative estimate of drug-likeness (QED) is 0.276. The van der Waals surface area contributed by atoms with Crippen molar-refractivity contribution in [2.24, 2.45) is 5.10 Å². The molecule has 140 valence electrons. The maximum atomic E-state index is 5.73. The topological polar surface area (TPSA) is 46.5 Å². The summed E-state index contributed by atoms with van der Waals surface area (Å²) in [6, 6.07) is 18.2. The van der Waals surface area contributed by atoms with Gasteiger partial charge in [-0.25, -0.2) is 4.98 Å². The van der Waals surface area contributed by atoms with Gasteiger partial charge in [0.05, 0.1) is 18.5 Å². The lowest BCUT2D eigenvalue weighted by atomic mass is 10.1. The minimum Gasteiger partial charge on any atom is -0.494 e. The molecule has 0 spiro atoms. The van der Waals surface area contributed by atoms with Gasteiger partial charge in [0.25, 0.3) is 0 Å². The minimum atomic E-state index is 0.774. The highest BCUT2D eigenvalue weighted by atomic mass is 32.1. The average Bonchev–Trinajstić information content (AvgIpc) is 3.07. The molecule has 0 radical (unpaired) electrons. The number of hydrogen-bond acceptors (Lipinski definition) is 5. The van der Waals surface area contributed by atoms with Crippen LogP contribution < -0.4 is 10.2 Å². The number of benzene rings is 2. The van der Waals surface area contributed by atoms with Crippen LogP contribution >= 0.6 is 11.3 Å². The van der Waals surface area contributed by atoms with E-state index in [-0.39, 0.29) is 0 Å². The minimum absolute atomic E-state index is 0.774. The van der Waals surface area contributed by atoms with Gasteiger partial charge < -0.3 is 4.74 Å². The molecule has 0 saturated carbocycles. The zero-order valence-electron chi connectivity index (χ0n) is 15.8. The number of aromatic nitrogens is 1. The Morgan fingerprint density at radius 1 is 1.07 bits per heavy atom. The van der Waals surface area contributed by atoms with Gasteiger partial charge in [0, 0.05) is 10.4 Å². The monoisotopic (exact) mass is 379 g/mol. The molecule has 2 aromatic carbocycles. The Bertz CT molecular complexity index is 857. The largest absolute Gasteiger partial charge is 0.494 e. The van der Waals surface area contributed by atoms with Gasteiger partial charge in [-0.1, -0.05) is 50.1 Å². The first kappa shape index (κ1) is 19.1.